The van der Waals surface area contributed by atoms with Gasteiger partial charge in [-0.2, -0.15) is 10.9 Å². The molecular formula is C12H19N3O4S. The zero-order chi connectivity index (χ0) is 15.3. The van der Waals surface area contributed by atoms with Crippen LogP contribution in [-0.2, 0) is 4.74 Å². The Morgan fingerprint density at radius 3 is 2.60 bits per heavy atom. The molecule has 0 atom stereocenters. The largest absolute Gasteiger partial charge is 0.456 e. The Hall–Kier alpha value is -1.54. The lowest BCUT2D eigenvalue weighted by atomic mass is 10.2. The fourth-order valence-corrected chi connectivity index (χ4v) is 2.00. The van der Waals surface area contributed by atoms with Crippen LogP contribution in [0.15, 0.2) is 9.95 Å². The van der Waals surface area contributed by atoms with Crippen molar-refractivity contribution in [1.82, 2.24) is 9.97 Å². The number of hydrogen-bond acceptors (Lipinski definition) is 7. The third-order valence-electron chi connectivity index (χ3n) is 2.02. The molecule has 0 spiro atoms. The Bertz CT molecular complexity index is 536. The van der Waals surface area contributed by atoms with E-state index in [0.717, 1.165) is 12.2 Å². The summed E-state index contributed by atoms with van der Waals surface area (Å²) in [5, 5.41) is 0.351. The molecule has 7 nitrogen and oxygen atoms in total. The highest BCUT2D eigenvalue weighted by Crippen LogP contribution is 2.19. The van der Waals surface area contributed by atoms with Gasteiger partial charge in [0.05, 0.1) is 0 Å². The van der Waals surface area contributed by atoms with Crippen LogP contribution in [0.5, 0.6) is 5.88 Å². The molecule has 0 fully saturated rings. The highest BCUT2D eigenvalue weighted by molar-refractivity contribution is 7.99. The Kier molecular flexibility index (Phi) is 5.58. The summed E-state index contributed by atoms with van der Waals surface area (Å²) in [5.74, 6) is 4.81. The smallest absolute Gasteiger partial charge is 0.350 e. The molecule has 0 saturated carbocycles. The Morgan fingerprint density at radius 1 is 1.45 bits per heavy atom. The van der Waals surface area contributed by atoms with Crippen molar-refractivity contribution >= 4 is 17.7 Å². The summed E-state index contributed by atoms with van der Waals surface area (Å²) in [5.41, 5.74) is -1.69. The quantitative estimate of drug-likeness (QED) is 0.367. The topological polar surface area (TPSA) is 107 Å². The van der Waals surface area contributed by atoms with Crippen LogP contribution in [0.1, 0.15) is 44.5 Å². The van der Waals surface area contributed by atoms with Crippen LogP contribution >= 0.6 is 11.8 Å². The van der Waals surface area contributed by atoms with Crippen molar-refractivity contribution in [3.63, 3.8) is 0 Å². The molecule has 0 aliphatic rings. The number of H-pyrrole nitrogens is 1. The zero-order valence-corrected chi connectivity index (χ0v) is 12.8. The van der Waals surface area contributed by atoms with Crippen molar-refractivity contribution in [3.05, 3.63) is 15.9 Å². The number of nitrogens with two attached hydrogens (primary N) is 1. The molecule has 1 aromatic rings. The minimum Gasteiger partial charge on any atom is -0.456 e. The van der Waals surface area contributed by atoms with E-state index in [-0.39, 0.29) is 11.4 Å². The number of hydrogen-bond donors (Lipinski definition) is 2. The number of esters is 1. The first kappa shape index (κ1) is 16.5. The Labute approximate surface area is 121 Å². The lowest BCUT2D eigenvalue weighted by molar-refractivity contribution is 0.00621. The fourth-order valence-electron chi connectivity index (χ4n) is 1.29. The molecule has 8 heteroatoms. The van der Waals surface area contributed by atoms with Crippen molar-refractivity contribution in [1.29, 1.82) is 0 Å². The van der Waals surface area contributed by atoms with Crippen LogP contribution in [0.3, 0.4) is 0 Å². The molecule has 0 aliphatic carbocycles. The van der Waals surface area contributed by atoms with Gasteiger partial charge >= 0.3 is 5.97 Å². The Balaban J connectivity index is 3.14. The maximum absolute atomic E-state index is 12.0. The molecule has 0 saturated heterocycles. The molecule has 1 heterocycles. The molecule has 3 N–H and O–H groups in total. The molecule has 0 unspecified atom stereocenters. The second kappa shape index (κ2) is 6.76. The zero-order valence-electron chi connectivity index (χ0n) is 12.0. The molecule has 0 aliphatic heterocycles. The van der Waals surface area contributed by atoms with Gasteiger partial charge < -0.3 is 14.6 Å². The van der Waals surface area contributed by atoms with Crippen LogP contribution in [0.4, 0.5) is 0 Å². The van der Waals surface area contributed by atoms with Gasteiger partial charge in [0, 0.05) is 5.75 Å². The average molecular weight is 301 g/mol. The second-order valence-corrected chi connectivity index (χ2v) is 6.10. The SMILES string of the molecule is CCCSc1nc(ON)c(C(=O)OC(C)(C)C)c(=O)[nH]1. The van der Waals surface area contributed by atoms with Crippen molar-refractivity contribution in [2.75, 3.05) is 5.75 Å². The number of rotatable bonds is 5. The molecule has 20 heavy (non-hydrogen) atoms. The van der Waals surface area contributed by atoms with Crippen LogP contribution in [0, 0.1) is 0 Å². The summed E-state index contributed by atoms with van der Waals surface area (Å²) in [7, 11) is 0. The number of nitrogens with zero attached hydrogens (tertiary/aromatic N) is 1. The van der Waals surface area contributed by atoms with Gasteiger partial charge in [0.15, 0.2) is 10.7 Å². The monoisotopic (exact) mass is 301 g/mol. The predicted octanol–water partition coefficient (Wildman–Crippen LogP) is 1.48. The molecule has 112 valence electrons. The van der Waals surface area contributed by atoms with E-state index in [1.807, 2.05) is 6.92 Å². The van der Waals surface area contributed by atoms with Crippen LogP contribution in [0.2, 0.25) is 0 Å². The lowest BCUT2D eigenvalue weighted by Crippen LogP contribution is -2.30. The maximum Gasteiger partial charge on any atom is 0.350 e. The number of aromatic amines is 1. The molecule has 1 aromatic heterocycles. The predicted molar refractivity (Wildman–Crippen MR) is 75.9 cm³/mol. The number of nitrogens with one attached hydrogen (secondary N) is 1. The summed E-state index contributed by atoms with van der Waals surface area (Å²) in [4.78, 5) is 35.0. The van der Waals surface area contributed by atoms with Crippen molar-refractivity contribution in [2.24, 2.45) is 5.90 Å². The molecule has 1 rings (SSSR count). The molecule has 0 bridgehead atoms. The van der Waals surface area contributed by atoms with E-state index < -0.39 is 17.1 Å². The molecule has 0 amide bonds. The molecule has 0 radical (unpaired) electrons. The van der Waals surface area contributed by atoms with Crippen LogP contribution in [0.25, 0.3) is 0 Å². The van der Waals surface area contributed by atoms with Gasteiger partial charge in [-0.25, -0.2) is 4.79 Å². The van der Waals surface area contributed by atoms with E-state index in [9.17, 15) is 9.59 Å². The highest BCUT2D eigenvalue weighted by atomic mass is 32.2. The van der Waals surface area contributed by atoms with Crippen molar-refractivity contribution < 1.29 is 14.4 Å². The van der Waals surface area contributed by atoms with Gasteiger partial charge in [-0.1, -0.05) is 18.7 Å². The third-order valence-corrected chi connectivity index (χ3v) is 3.10. The first-order valence-corrected chi connectivity index (χ1v) is 7.14. The molecule has 0 aromatic carbocycles. The lowest BCUT2D eigenvalue weighted by Gasteiger charge is -2.19. The first-order valence-electron chi connectivity index (χ1n) is 6.15. The van der Waals surface area contributed by atoms with Gasteiger partial charge in [0.1, 0.15) is 5.60 Å². The second-order valence-electron chi connectivity index (χ2n) is 5.02. The number of ether oxygens (including phenoxy) is 1. The average Bonchev–Trinajstić information content (AvgIpc) is 2.33. The van der Waals surface area contributed by atoms with Gasteiger partial charge in [0.2, 0.25) is 0 Å². The first-order chi connectivity index (χ1) is 9.28. The van der Waals surface area contributed by atoms with E-state index >= 15 is 0 Å². The van der Waals surface area contributed by atoms with E-state index in [4.69, 9.17) is 10.6 Å². The van der Waals surface area contributed by atoms with Gasteiger partial charge in [0.25, 0.3) is 11.4 Å². The van der Waals surface area contributed by atoms with Gasteiger partial charge in [-0.15, -0.1) is 0 Å². The summed E-state index contributed by atoms with van der Waals surface area (Å²) in [6.45, 7) is 7.09. The summed E-state index contributed by atoms with van der Waals surface area (Å²) in [6, 6.07) is 0. The van der Waals surface area contributed by atoms with Gasteiger partial charge in [-0.3, -0.25) is 4.79 Å². The van der Waals surface area contributed by atoms with Crippen molar-refractivity contribution in [2.45, 2.75) is 44.9 Å². The number of thioether (sulfide) groups is 1. The van der Waals surface area contributed by atoms with E-state index in [1.54, 1.807) is 20.8 Å². The van der Waals surface area contributed by atoms with E-state index in [2.05, 4.69) is 14.8 Å². The standard InChI is InChI=1S/C12H19N3O4S/c1-5-6-20-11-14-8(16)7(9(15-11)19-13)10(17)18-12(2,3)4/h5-6,13H2,1-4H3,(H,14,15,16). The number of carbonyl (C=O) groups excluding carboxylic acids is 1. The number of aromatic nitrogens is 2. The maximum atomic E-state index is 12.0. The van der Waals surface area contributed by atoms with E-state index in [0.29, 0.717) is 5.16 Å². The minimum absolute atomic E-state index is 0.235. The third kappa shape index (κ3) is 4.53. The van der Waals surface area contributed by atoms with E-state index in [1.165, 1.54) is 11.8 Å². The number of carbonyl (C=O) groups is 1. The summed E-state index contributed by atoms with van der Waals surface area (Å²) in [6.07, 6.45) is 0.918. The van der Waals surface area contributed by atoms with Crippen molar-refractivity contribution in [3.8, 4) is 5.88 Å². The minimum atomic E-state index is -0.821. The summed E-state index contributed by atoms with van der Waals surface area (Å²) >= 11 is 1.34. The summed E-state index contributed by atoms with van der Waals surface area (Å²) < 4.78 is 5.13. The van der Waals surface area contributed by atoms with Crippen LogP contribution < -0.4 is 16.3 Å². The molecular weight excluding hydrogens is 282 g/mol. The Morgan fingerprint density at radius 2 is 2.10 bits per heavy atom. The van der Waals surface area contributed by atoms with Gasteiger partial charge in [-0.05, 0) is 27.2 Å². The normalized spacial score (nSPS) is 11.2. The van der Waals surface area contributed by atoms with Crippen LogP contribution in [-0.4, -0.2) is 27.3 Å². The fraction of sp³-hybridized carbons (Fsp3) is 0.583. The highest BCUT2D eigenvalue weighted by Gasteiger charge is 2.26.